The first-order valence-electron chi connectivity index (χ1n) is 7.00. The van der Waals surface area contributed by atoms with Crippen LogP contribution in [-0.2, 0) is 11.2 Å². The Kier molecular flexibility index (Phi) is 5.35. The summed E-state index contributed by atoms with van der Waals surface area (Å²) in [4.78, 5) is 27.3. The topological polar surface area (TPSA) is 90.7 Å². The van der Waals surface area contributed by atoms with Gasteiger partial charge in [0.05, 0.1) is 19.8 Å². The number of esters is 1. The van der Waals surface area contributed by atoms with Crippen molar-refractivity contribution in [2.45, 2.75) is 13.3 Å². The minimum absolute atomic E-state index is 0.276. The Labute approximate surface area is 133 Å². The molecule has 0 radical (unpaired) electrons. The quantitative estimate of drug-likeness (QED) is 0.816. The molecule has 0 saturated heterocycles. The van der Waals surface area contributed by atoms with E-state index in [1.165, 1.54) is 20.6 Å². The molecule has 1 aromatic carbocycles. The van der Waals surface area contributed by atoms with Gasteiger partial charge < -0.3 is 19.2 Å². The molecule has 0 aliphatic heterocycles. The van der Waals surface area contributed by atoms with Crippen molar-refractivity contribution in [2.24, 2.45) is 0 Å². The van der Waals surface area contributed by atoms with Gasteiger partial charge in [0.25, 0.3) is 5.91 Å². The largest absolute Gasteiger partial charge is 0.496 e. The number of aromatic nitrogens is 1. The number of methoxy groups -OCH3 is 2. The maximum atomic E-state index is 11.9. The summed E-state index contributed by atoms with van der Waals surface area (Å²) in [6.45, 7) is 2.08. The van der Waals surface area contributed by atoms with Gasteiger partial charge in [0, 0.05) is 6.54 Å². The summed E-state index contributed by atoms with van der Waals surface area (Å²) < 4.78 is 15.0. The van der Waals surface area contributed by atoms with Crippen LogP contribution in [0.2, 0.25) is 0 Å². The van der Waals surface area contributed by atoms with Crippen LogP contribution in [-0.4, -0.2) is 37.6 Å². The van der Waals surface area contributed by atoms with Crippen LogP contribution >= 0.6 is 0 Å². The van der Waals surface area contributed by atoms with Crippen LogP contribution in [0.3, 0.4) is 0 Å². The molecule has 1 N–H and O–H groups in total. The van der Waals surface area contributed by atoms with Gasteiger partial charge in [0.1, 0.15) is 11.5 Å². The second-order valence-electron chi connectivity index (χ2n) is 4.78. The number of benzene rings is 1. The van der Waals surface area contributed by atoms with Gasteiger partial charge in [-0.05, 0) is 31.0 Å². The Balaban J connectivity index is 1.99. The Hall–Kier alpha value is -2.83. The van der Waals surface area contributed by atoms with E-state index >= 15 is 0 Å². The molecule has 2 rings (SSSR count). The number of hydrogen-bond acceptors (Lipinski definition) is 6. The summed E-state index contributed by atoms with van der Waals surface area (Å²) in [5.41, 5.74) is 1.56. The lowest BCUT2D eigenvalue weighted by molar-refractivity contribution is 0.0600. The number of aryl methyl sites for hydroxylation is 1. The summed E-state index contributed by atoms with van der Waals surface area (Å²) in [5.74, 6) is 0.327. The summed E-state index contributed by atoms with van der Waals surface area (Å²) >= 11 is 0. The molecule has 7 nitrogen and oxygen atoms in total. The number of nitrogens with one attached hydrogen (secondary N) is 1. The van der Waals surface area contributed by atoms with Gasteiger partial charge in [-0.3, -0.25) is 4.79 Å². The van der Waals surface area contributed by atoms with Gasteiger partial charge in [0.2, 0.25) is 0 Å². The highest BCUT2D eigenvalue weighted by Gasteiger charge is 2.14. The van der Waals surface area contributed by atoms with E-state index in [0.717, 1.165) is 5.56 Å². The fraction of sp³-hybridized carbons (Fsp3) is 0.312. The molecule has 0 aliphatic rings. The van der Waals surface area contributed by atoms with Crippen molar-refractivity contribution in [1.29, 1.82) is 0 Å². The lowest BCUT2D eigenvalue weighted by atomic mass is 10.1. The summed E-state index contributed by atoms with van der Waals surface area (Å²) in [6.07, 6.45) is 1.78. The van der Waals surface area contributed by atoms with Crippen molar-refractivity contribution < 1.29 is 23.5 Å². The van der Waals surface area contributed by atoms with E-state index in [-0.39, 0.29) is 11.6 Å². The fourth-order valence-electron chi connectivity index (χ4n) is 2.11. The predicted octanol–water partition coefficient (Wildman–Crippen LogP) is 1.75. The number of oxazole rings is 1. The molecule has 0 unspecified atom stereocenters. The first-order valence-corrected chi connectivity index (χ1v) is 7.00. The average molecular weight is 318 g/mol. The van der Waals surface area contributed by atoms with Gasteiger partial charge in [-0.1, -0.05) is 6.07 Å². The van der Waals surface area contributed by atoms with E-state index < -0.39 is 5.97 Å². The SMILES string of the molecule is COC(=O)c1ccc(CCNC(=O)c2ncoc2C)c(OC)c1. The smallest absolute Gasteiger partial charge is 0.337 e. The van der Waals surface area contributed by atoms with Crippen molar-refractivity contribution >= 4 is 11.9 Å². The van der Waals surface area contributed by atoms with Gasteiger partial charge in [-0.2, -0.15) is 0 Å². The molecule has 0 aliphatic carbocycles. The normalized spacial score (nSPS) is 10.2. The van der Waals surface area contributed by atoms with Crippen LogP contribution < -0.4 is 10.1 Å². The van der Waals surface area contributed by atoms with Crippen LogP contribution in [0.5, 0.6) is 5.75 Å². The Morgan fingerprint density at radius 1 is 1.30 bits per heavy atom. The number of rotatable bonds is 6. The van der Waals surface area contributed by atoms with E-state index in [1.54, 1.807) is 25.1 Å². The molecule has 0 bridgehead atoms. The van der Waals surface area contributed by atoms with Crippen molar-refractivity contribution in [3.8, 4) is 5.75 Å². The number of carbonyl (C=O) groups excluding carboxylic acids is 2. The molecular formula is C16H18N2O5. The van der Waals surface area contributed by atoms with Crippen molar-refractivity contribution in [3.63, 3.8) is 0 Å². The van der Waals surface area contributed by atoms with E-state index in [1.807, 2.05) is 0 Å². The molecule has 122 valence electrons. The van der Waals surface area contributed by atoms with E-state index in [9.17, 15) is 9.59 Å². The number of ether oxygens (including phenoxy) is 2. The number of hydrogen-bond donors (Lipinski definition) is 1. The van der Waals surface area contributed by atoms with Crippen LogP contribution in [0.4, 0.5) is 0 Å². The predicted molar refractivity (Wildman–Crippen MR) is 81.6 cm³/mol. The maximum Gasteiger partial charge on any atom is 0.337 e. The lowest BCUT2D eigenvalue weighted by Crippen LogP contribution is -2.26. The summed E-state index contributed by atoms with van der Waals surface area (Å²) in [7, 11) is 2.85. The Morgan fingerprint density at radius 3 is 2.70 bits per heavy atom. The molecule has 7 heteroatoms. The maximum absolute atomic E-state index is 11.9. The molecular weight excluding hydrogens is 300 g/mol. The lowest BCUT2D eigenvalue weighted by Gasteiger charge is -2.10. The molecule has 1 amide bonds. The molecule has 1 heterocycles. The number of amides is 1. The monoisotopic (exact) mass is 318 g/mol. The molecule has 0 saturated carbocycles. The minimum atomic E-state index is -0.426. The molecule has 0 spiro atoms. The minimum Gasteiger partial charge on any atom is -0.496 e. The Bertz CT molecular complexity index is 708. The second-order valence-corrected chi connectivity index (χ2v) is 4.78. The average Bonchev–Trinajstić information content (AvgIpc) is 3.00. The summed E-state index contributed by atoms with van der Waals surface area (Å²) in [6, 6.07) is 5.05. The van der Waals surface area contributed by atoms with E-state index in [4.69, 9.17) is 9.15 Å². The number of carbonyl (C=O) groups is 2. The highest BCUT2D eigenvalue weighted by Crippen LogP contribution is 2.21. The molecule has 0 fully saturated rings. The van der Waals surface area contributed by atoms with Gasteiger partial charge in [-0.15, -0.1) is 0 Å². The zero-order chi connectivity index (χ0) is 16.8. The fourth-order valence-corrected chi connectivity index (χ4v) is 2.11. The zero-order valence-electron chi connectivity index (χ0n) is 13.2. The first-order chi connectivity index (χ1) is 11.1. The highest BCUT2D eigenvalue weighted by atomic mass is 16.5. The van der Waals surface area contributed by atoms with Crippen LogP contribution in [0.15, 0.2) is 29.0 Å². The van der Waals surface area contributed by atoms with Crippen LogP contribution in [0, 0.1) is 6.92 Å². The molecule has 2 aromatic rings. The van der Waals surface area contributed by atoms with Crippen LogP contribution in [0.1, 0.15) is 32.2 Å². The second kappa shape index (κ2) is 7.44. The first kappa shape index (κ1) is 16.5. The van der Waals surface area contributed by atoms with Crippen molar-refractivity contribution in [2.75, 3.05) is 20.8 Å². The third kappa shape index (κ3) is 3.88. The van der Waals surface area contributed by atoms with Crippen molar-refractivity contribution in [1.82, 2.24) is 10.3 Å². The summed E-state index contributed by atoms with van der Waals surface area (Å²) in [5, 5.41) is 2.77. The van der Waals surface area contributed by atoms with Gasteiger partial charge in [0.15, 0.2) is 12.1 Å². The standard InChI is InChI=1S/C16H18N2O5/c1-10-14(18-9-23-10)15(19)17-7-6-11-4-5-12(16(20)22-3)8-13(11)21-2/h4-5,8-9H,6-7H2,1-3H3,(H,17,19). The highest BCUT2D eigenvalue weighted by molar-refractivity contribution is 5.93. The zero-order valence-corrected chi connectivity index (χ0v) is 13.2. The van der Waals surface area contributed by atoms with Crippen molar-refractivity contribution in [3.05, 3.63) is 47.2 Å². The number of nitrogens with zero attached hydrogens (tertiary/aromatic N) is 1. The van der Waals surface area contributed by atoms with Gasteiger partial charge in [-0.25, -0.2) is 9.78 Å². The molecule has 23 heavy (non-hydrogen) atoms. The van der Waals surface area contributed by atoms with E-state index in [2.05, 4.69) is 15.0 Å². The third-order valence-corrected chi connectivity index (χ3v) is 3.35. The van der Waals surface area contributed by atoms with Crippen LogP contribution in [0.25, 0.3) is 0 Å². The van der Waals surface area contributed by atoms with E-state index in [0.29, 0.717) is 30.0 Å². The Morgan fingerprint density at radius 2 is 2.09 bits per heavy atom. The molecule has 1 aromatic heterocycles. The third-order valence-electron chi connectivity index (χ3n) is 3.35. The molecule has 0 atom stereocenters. The van der Waals surface area contributed by atoms with Gasteiger partial charge >= 0.3 is 5.97 Å².